The lowest BCUT2D eigenvalue weighted by Gasteiger charge is -2.07. The zero-order chi connectivity index (χ0) is 21.3. The number of halogens is 2. The van der Waals surface area contributed by atoms with Crippen LogP contribution >= 0.6 is 11.6 Å². The summed E-state index contributed by atoms with van der Waals surface area (Å²) in [7, 11) is 0. The maximum Gasteiger partial charge on any atom is 0.262 e. The van der Waals surface area contributed by atoms with Gasteiger partial charge in [-0.3, -0.25) is 4.79 Å². The van der Waals surface area contributed by atoms with E-state index in [2.05, 4.69) is 15.3 Å². The Bertz CT molecular complexity index is 1330. The number of rotatable bonds is 3. The number of nitrogens with one attached hydrogen (secondary N) is 1. The molecule has 0 unspecified atom stereocenters. The average molecular weight is 424 g/mol. The molecule has 0 aliphatic rings. The second-order valence-corrected chi connectivity index (χ2v) is 6.98. The van der Waals surface area contributed by atoms with E-state index in [4.69, 9.17) is 16.0 Å². The van der Waals surface area contributed by atoms with Gasteiger partial charge in [0.15, 0.2) is 0 Å². The SMILES string of the molecule is Cc1ccc(NC(=O)c2cc3ccc(O)cc3oc2=Nc2ccc(F)c(Cl)c2)nc1. The first-order valence-corrected chi connectivity index (χ1v) is 9.27. The fourth-order valence-corrected chi connectivity index (χ4v) is 2.92. The van der Waals surface area contributed by atoms with E-state index >= 15 is 0 Å². The van der Waals surface area contributed by atoms with Crippen molar-refractivity contribution in [3.8, 4) is 5.75 Å². The molecule has 6 nitrogen and oxygen atoms in total. The molecular formula is C22H15ClFN3O3. The van der Waals surface area contributed by atoms with Crippen molar-refractivity contribution in [3.05, 3.63) is 88.3 Å². The van der Waals surface area contributed by atoms with Crippen LogP contribution in [0.25, 0.3) is 11.0 Å². The molecule has 150 valence electrons. The highest BCUT2D eigenvalue weighted by Gasteiger charge is 2.14. The quantitative estimate of drug-likeness (QED) is 0.478. The minimum atomic E-state index is -0.584. The molecule has 1 amide bonds. The summed E-state index contributed by atoms with van der Waals surface area (Å²) >= 11 is 5.83. The third-order valence-electron chi connectivity index (χ3n) is 4.27. The van der Waals surface area contributed by atoms with Crippen molar-refractivity contribution in [1.29, 1.82) is 0 Å². The van der Waals surface area contributed by atoms with Crippen LogP contribution < -0.4 is 10.9 Å². The van der Waals surface area contributed by atoms with E-state index in [9.17, 15) is 14.3 Å². The Morgan fingerprint density at radius 2 is 2.00 bits per heavy atom. The van der Waals surface area contributed by atoms with Crippen LogP contribution in [0, 0.1) is 12.7 Å². The van der Waals surface area contributed by atoms with Gasteiger partial charge in [-0.2, -0.15) is 0 Å². The lowest BCUT2D eigenvalue weighted by Crippen LogP contribution is -2.22. The van der Waals surface area contributed by atoms with Gasteiger partial charge in [-0.1, -0.05) is 17.7 Å². The van der Waals surface area contributed by atoms with Crippen molar-refractivity contribution in [2.75, 3.05) is 5.32 Å². The Labute approximate surface area is 175 Å². The molecule has 0 aliphatic carbocycles. The van der Waals surface area contributed by atoms with Crippen molar-refractivity contribution in [2.24, 2.45) is 4.99 Å². The predicted octanol–water partition coefficient (Wildman–Crippen LogP) is 5.12. The van der Waals surface area contributed by atoms with Gasteiger partial charge in [0.25, 0.3) is 5.91 Å². The van der Waals surface area contributed by atoms with Gasteiger partial charge >= 0.3 is 0 Å². The first kappa shape index (κ1) is 19.6. The first-order valence-electron chi connectivity index (χ1n) is 8.90. The van der Waals surface area contributed by atoms with Gasteiger partial charge in [-0.15, -0.1) is 0 Å². The van der Waals surface area contributed by atoms with E-state index in [0.717, 1.165) is 5.56 Å². The van der Waals surface area contributed by atoms with Crippen LogP contribution in [-0.4, -0.2) is 16.0 Å². The Kier molecular flexibility index (Phi) is 5.20. The van der Waals surface area contributed by atoms with Crippen LogP contribution in [0.4, 0.5) is 15.9 Å². The molecule has 2 heterocycles. The van der Waals surface area contributed by atoms with Gasteiger partial charge in [0, 0.05) is 17.6 Å². The van der Waals surface area contributed by atoms with Gasteiger partial charge in [-0.05, 0) is 55.0 Å². The molecule has 0 aliphatic heterocycles. The summed E-state index contributed by atoms with van der Waals surface area (Å²) < 4.78 is 19.3. The molecule has 0 bridgehead atoms. The van der Waals surface area contributed by atoms with Gasteiger partial charge < -0.3 is 14.8 Å². The number of carbonyl (C=O) groups is 1. The number of aryl methyl sites for hydroxylation is 1. The van der Waals surface area contributed by atoms with Crippen molar-refractivity contribution in [1.82, 2.24) is 4.98 Å². The van der Waals surface area contributed by atoms with Crippen molar-refractivity contribution < 1.29 is 18.7 Å². The Morgan fingerprint density at radius 1 is 1.17 bits per heavy atom. The zero-order valence-electron chi connectivity index (χ0n) is 15.7. The van der Waals surface area contributed by atoms with E-state index in [1.165, 1.54) is 30.3 Å². The van der Waals surface area contributed by atoms with Crippen molar-refractivity contribution >= 4 is 40.0 Å². The summed E-state index contributed by atoms with van der Waals surface area (Å²) in [5.41, 5.74) is 1.69. The number of amides is 1. The molecule has 2 aromatic carbocycles. The van der Waals surface area contributed by atoms with Crippen LogP contribution in [-0.2, 0) is 0 Å². The van der Waals surface area contributed by atoms with Crippen LogP contribution in [0.15, 0.2) is 70.2 Å². The van der Waals surface area contributed by atoms with Crippen molar-refractivity contribution in [2.45, 2.75) is 6.92 Å². The zero-order valence-corrected chi connectivity index (χ0v) is 16.4. The molecular weight excluding hydrogens is 409 g/mol. The number of hydrogen-bond donors (Lipinski definition) is 2. The third-order valence-corrected chi connectivity index (χ3v) is 4.56. The normalized spacial score (nSPS) is 11.6. The predicted molar refractivity (Wildman–Crippen MR) is 111 cm³/mol. The minimum Gasteiger partial charge on any atom is -0.508 e. The number of benzene rings is 2. The minimum absolute atomic E-state index is 0.00286. The molecule has 4 rings (SSSR count). The Morgan fingerprint density at radius 3 is 2.73 bits per heavy atom. The standard InChI is InChI=1S/C22H15ClFN3O3/c1-12-2-7-20(25-11-12)27-21(29)16-8-13-3-5-15(28)10-19(13)30-22(16)26-14-4-6-18(24)17(23)9-14/h2-11,28H,1H3,(H,25,27,29). The van der Waals surface area contributed by atoms with Gasteiger partial charge in [-0.25, -0.2) is 14.4 Å². The maximum absolute atomic E-state index is 13.5. The van der Waals surface area contributed by atoms with E-state index < -0.39 is 11.7 Å². The first-order chi connectivity index (χ1) is 14.4. The molecule has 2 N–H and O–H groups in total. The van der Waals surface area contributed by atoms with Crippen LogP contribution in [0.5, 0.6) is 5.75 Å². The number of anilines is 1. The number of pyridine rings is 1. The number of carbonyl (C=O) groups excluding carboxylic acids is 1. The molecule has 4 aromatic rings. The highest BCUT2D eigenvalue weighted by atomic mass is 35.5. The lowest BCUT2D eigenvalue weighted by molar-refractivity contribution is 0.102. The van der Waals surface area contributed by atoms with E-state index in [0.29, 0.717) is 22.5 Å². The molecule has 0 saturated carbocycles. The monoisotopic (exact) mass is 423 g/mol. The summed E-state index contributed by atoms with van der Waals surface area (Å²) in [6.45, 7) is 1.89. The van der Waals surface area contributed by atoms with E-state index in [1.54, 1.807) is 24.4 Å². The molecule has 0 atom stereocenters. The number of fused-ring (bicyclic) bond motifs is 1. The highest BCUT2D eigenvalue weighted by molar-refractivity contribution is 6.31. The highest BCUT2D eigenvalue weighted by Crippen LogP contribution is 2.23. The summed E-state index contributed by atoms with van der Waals surface area (Å²) in [4.78, 5) is 21.4. The molecule has 0 fully saturated rings. The fourth-order valence-electron chi connectivity index (χ4n) is 2.75. The molecule has 2 aromatic heterocycles. The van der Waals surface area contributed by atoms with Gasteiger partial charge in [0.05, 0.1) is 10.7 Å². The summed E-state index contributed by atoms with van der Waals surface area (Å²) in [6, 6.07) is 13.5. The van der Waals surface area contributed by atoms with Gasteiger partial charge in [0.1, 0.15) is 28.5 Å². The van der Waals surface area contributed by atoms with Crippen LogP contribution in [0.2, 0.25) is 5.02 Å². The molecule has 0 radical (unpaired) electrons. The topological polar surface area (TPSA) is 87.7 Å². The average Bonchev–Trinajstić information content (AvgIpc) is 2.72. The van der Waals surface area contributed by atoms with E-state index in [1.807, 2.05) is 13.0 Å². The van der Waals surface area contributed by atoms with Crippen LogP contribution in [0.3, 0.4) is 0 Å². The number of nitrogens with zero attached hydrogens (tertiary/aromatic N) is 2. The molecule has 8 heteroatoms. The Hall–Kier alpha value is -3.71. The number of hydrogen-bond acceptors (Lipinski definition) is 5. The molecule has 30 heavy (non-hydrogen) atoms. The second kappa shape index (κ2) is 7.96. The summed E-state index contributed by atoms with van der Waals surface area (Å²) in [5.74, 6) is -0.702. The second-order valence-electron chi connectivity index (χ2n) is 6.57. The van der Waals surface area contributed by atoms with Crippen molar-refractivity contribution in [3.63, 3.8) is 0 Å². The van der Waals surface area contributed by atoms with Gasteiger partial charge in [0.2, 0.25) is 5.55 Å². The maximum atomic E-state index is 13.5. The summed E-state index contributed by atoms with van der Waals surface area (Å²) in [5, 5.41) is 12.9. The van der Waals surface area contributed by atoms with E-state index in [-0.39, 0.29) is 21.9 Å². The van der Waals surface area contributed by atoms with Crippen LogP contribution in [0.1, 0.15) is 15.9 Å². The number of aromatic hydroxyl groups is 1. The Balaban J connectivity index is 1.85. The largest absolute Gasteiger partial charge is 0.508 e. The summed E-state index contributed by atoms with van der Waals surface area (Å²) in [6.07, 6.45) is 1.63. The number of aromatic nitrogens is 1. The lowest BCUT2D eigenvalue weighted by atomic mass is 10.1. The number of phenolic OH excluding ortho intramolecular Hbond substituents is 1. The molecule has 0 saturated heterocycles. The number of phenols is 1. The fraction of sp³-hybridized carbons (Fsp3) is 0.0455. The smallest absolute Gasteiger partial charge is 0.262 e. The molecule has 0 spiro atoms. The third kappa shape index (κ3) is 4.16.